The Morgan fingerprint density at radius 1 is 1.09 bits per heavy atom. The summed E-state index contributed by atoms with van der Waals surface area (Å²) in [6, 6.07) is 0. The maximum atomic E-state index is 12.6. The lowest BCUT2D eigenvalue weighted by Gasteiger charge is -2.20. The van der Waals surface area contributed by atoms with Crippen LogP contribution in [-0.4, -0.2) is 22.8 Å². The standard InChI is InChI=1S/C5H6Cl3F3/c6-2-4(7,10)1-5(8,11)3-9/h1-3H2. The highest BCUT2D eigenvalue weighted by molar-refractivity contribution is 6.30. The van der Waals surface area contributed by atoms with Crippen molar-refractivity contribution >= 4 is 34.8 Å². The van der Waals surface area contributed by atoms with Gasteiger partial charge in [-0.2, -0.15) is 0 Å². The van der Waals surface area contributed by atoms with Crippen LogP contribution in [0.2, 0.25) is 0 Å². The van der Waals surface area contributed by atoms with Crippen LogP contribution in [0.25, 0.3) is 0 Å². The van der Waals surface area contributed by atoms with E-state index < -0.39 is 29.2 Å². The summed E-state index contributed by atoms with van der Waals surface area (Å²) in [5, 5.41) is -5.24. The topological polar surface area (TPSA) is 0 Å². The molecule has 0 heterocycles. The van der Waals surface area contributed by atoms with Gasteiger partial charge < -0.3 is 0 Å². The van der Waals surface area contributed by atoms with Crippen LogP contribution >= 0.6 is 34.8 Å². The van der Waals surface area contributed by atoms with Crippen molar-refractivity contribution in [2.75, 3.05) is 12.6 Å². The van der Waals surface area contributed by atoms with Gasteiger partial charge in [0.05, 0.1) is 5.88 Å². The van der Waals surface area contributed by atoms with Gasteiger partial charge in [0.2, 0.25) is 10.3 Å². The summed E-state index contributed by atoms with van der Waals surface area (Å²) in [5.74, 6) is -0.632. The van der Waals surface area contributed by atoms with Crippen LogP contribution in [0, 0.1) is 0 Å². The molecule has 0 rings (SSSR count). The number of rotatable bonds is 4. The van der Waals surface area contributed by atoms with Gasteiger partial charge in [-0.05, 0) is 0 Å². The van der Waals surface area contributed by atoms with E-state index >= 15 is 0 Å². The van der Waals surface area contributed by atoms with E-state index in [0.29, 0.717) is 0 Å². The largest absolute Gasteiger partial charge is 0.246 e. The predicted molar refractivity (Wildman–Crippen MR) is 40.7 cm³/mol. The molecule has 0 aromatic rings. The van der Waals surface area contributed by atoms with E-state index in [2.05, 4.69) is 0 Å². The molecule has 11 heavy (non-hydrogen) atoms. The molecule has 0 aliphatic rings. The molecule has 6 heteroatoms. The lowest BCUT2D eigenvalue weighted by molar-refractivity contribution is 0.141. The molecule has 0 bridgehead atoms. The molecule has 0 aromatic carbocycles. The zero-order valence-electron chi connectivity index (χ0n) is 5.39. The van der Waals surface area contributed by atoms with E-state index in [-0.39, 0.29) is 0 Å². The third-order valence-electron chi connectivity index (χ3n) is 0.908. The first-order valence-corrected chi connectivity index (χ1v) is 4.00. The van der Waals surface area contributed by atoms with E-state index in [1.54, 1.807) is 0 Å². The van der Waals surface area contributed by atoms with Crippen molar-refractivity contribution in [3.05, 3.63) is 0 Å². The highest BCUT2D eigenvalue weighted by Crippen LogP contribution is 2.35. The highest BCUT2D eigenvalue weighted by atomic mass is 35.5. The van der Waals surface area contributed by atoms with E-state index in [1.807, 2.05) is 0 Å². The number of halogens is 6. The van der Waals surface area contributed by atoms with Gasteiger partial charge in [-0.15, -0.1) is 11.6 Å². The molecule has 68 valence electrons. The third-order valence-corrected chi connectivity index (χ3v) is 1.97. The van der Waals surface area contributed by atoms with Gasteiger partial charge in [-0.3, -0.25) is 0 Å². The molecule has 2 unspecified atom stereocenters. The van der Waals surface area contributed by atoms with Crippen LogP contribution in [0.15, 0.2) is 0 Å². The first kappa shape index (κ1) is 11.7. The number of hydrogen-bond acceptors (Lipinski definition) is 0. The molecule has 0 aliphatic carbocycles. The van der Waals surface area contributed by atoms with Crippen LogP contribution in [0.3, 0.4) is 0 Å². The fourth-order valence-corrected chi connectivity index (χ4v) is 1.06. The number of hydrogen-bond donors (Lipinski definition) is 0. The van der Waals surface area contributed by atoms with E-state index in [0.717, 1.165) is 0 Å². The number of alkyl halides is 6. The second-order valence-electron chi connectivity index (χ2n) is 2.16. The highest BCUT2D eigenvalue weighted by Gasteiger charge is 2.39. The molecule has 0 spiro atoms. The molecular formula is C5H6Cl3F3. The van der Waals surface area contributed by atoms with Crippen molar-refractivity contribution in [1.29, 1.82) is 0 Å². The Kier molecular flexibility index (Phi) is 4.30. The van der Waals surface area contributed by atoms with Crippen molar-refractivity contribution in [3.8, 4) is 0 Å². The van der Waals surface area contributed by atoms with Crippen molar-refractivity contribution in [3.63, 3.8) is 0 Å². The maximum Gasteiger partial charge on any atom is 0.215 e. The quantitative estimate of drug-likeness (QED) is 0.648. The average molecular weight is 229 g/mol. The van der Waals surface area contributed by atoms with Gasteiger partial charge in [0.1, 0.15) is 6.67 Å². The zero-order chi connectivity index (χ0) is 9.12. The minimum Gasteiger partial charge on any atom is -0.246 e. The molecule has 0 fully saturated rings. The van der Waals surface area contributed by atoms with Crippen LogP contribution in [0.4, 0.5) is 13.2 Å². The minimum atomic E-state index is -2.76. The second-order valence-corrected chi connectivity index (χ2v) is 3.78. The average Bonchev–Trinajstić information content (AvgIpc) is 1.86. The second kappa shape index (κ2) is 4.06. The Hall–Kier alpha value is 0.660. The van der Waals surface area contributed by atoms with Crippen LogP contribution in [-0.2, 0) is 0 Å². The van der Waals surface area contributed by atoms with Crippen molar-refractivity contribution in [1.82, 2.24) is 0 Å². The minimum absolute atomic E-state index is 0.632. The summed E-state index contributed by atoms with van der Waals surface area (Å²) in [6.07, 6.45) is -0.969. The zero-order valence-corrected chi connectivity index (χ0v) is 7.66. The van der Waals surface area contributed by atoms with Gasteiger partial charge in [0, 0.05) is 6.42 Å². The summed E-state index contributed by atoms with van der Waals surface area (Å²) in [5.41, 5.74) is 0. The molecule has 0 aliphatic heterocycles. The molecule has 0 radical (unpaired) electrons. The van der Waals surface area contributed by atoms with E-state index in [9.17, 15) is 13.2 Å². The van der Waals surface area contributed by atoms with Crippen molar-refractivity contribution < 1.29 is 13.2 Å². The summed E-state index contributed by atoms with van der Waals surface area (Å²) in [7, 11) is 0. The van der Waals surface area contributed by atoms with E-state index in [4.69, 9.17) is 34.8 Å². The normalized spacial score (nSPS) is 22.4. The first-order chi connectivity index (χ1) is 4.83. The van der Waals surface area contributed by atoms with Crippen molar-refractivity contribution in [2.45, 2.75) is 16.7 Å². The summed E-state index contributed by atoms with van der Waals surface area (Å²) in [6.45, 7) is -1.50. The molecule has 2 atom stereocenters. The Bertz CT molecular complexity index is 112. The summed E-state index contributed by atoms with van der Waals surface area (Å²) >= 11 is 14.9. The Morgan fingerprint density at radius 3 is 1.82 bits per heavy atom. The lowest BCUT2D eigenvalue weighted by Crippen LogP contribution is -2.30. The predicted octanol–water partition coefficient (Wildman–Crippen LogP) is 3.39. The molecular weight excluding hydrogens is 223 g/mol. The van der Waals surface area contributed by atoms with E-state index in [1.165, 1.54) is 0 Å². The molecule has 0 amide bonds. The van der Waals surface area contributed by atoms with Crippen LogP contribution < -0.4 is 0 Å². The fourth-order valence-electron chi connectivity index (χ4n) is 0.473. The monoisotopic (exact) mass is 228 g/mol. The van der Waals surface area contributed by atoms with Crippen LogP contribution in [0.5, 0.6) is 0 Å². The van der Waals surface area contributed by atoms with Gasteiger partial charge in [0.25, 0.3) is 0 Å². The first-order valence-electron chi connectivity index (χ1n) is 2.70. The maximum absolute atomic E-state index is 12.6. The summed E-state index contributed by atoms with van der Waals surface area (Å²) < 4.78 is 36.8. The van der Waals surface area contributed by atoms with Gasteiger partial charge in [-0.25, -0.2) is 13.2 Å². The SMILES string of the molecule is FCC(F)(Cl)CC(F)(Cl)CCl. The smallest absolute Gasteiger partial charge is 0.215 e. The Labute approximate surface area is 77.6 Å². The molecule has 0 saturated heterocycles. The fraction of sp³-hybridized carbons (Fsp3) is 1.00. The molecule has 0 nitrogen and oxygen atoms in total. The van der Waals surface area contributed by atoms with Gasteiger partial charge >= 0.3 is 0 Å². The third kappa shape index (κ3) is 4.99. The molecule has 0 aromatic heterocycles. The summed E-state index contributed by atoms with van der Waals surface area (Å²) in [4.78, 5) is 0. The van der Waals surface area contributed by atoms with Crippen LogP contribution in [0.1, 0.15) is 6.42 Å². The Morgan fingerprint density at radius 2 is 1.55 bits per heavy atom. The Balaban J connectivity index is 4.02. The molecule has 0 N–H and O–H groups in total. The van der Waals surface area contributed by atoms with Gasteiger partial charge in [0.15, 0.2) is 0 Å². The molecule has 0 saturated carbocycles. The van der Waals surface area contributed by atoms with Gasteiger partial charge in [-0.1, -0.05) is 23.2 Å². The van der Waals surface area contributed by atoms with Crippen molar-refractivity contribution in [2.24, 2.45) is 0 Å². The lowest BCUT2D eigenvalue weighted by atomic mass is 10.2.